The highest BCUT2D eigenvalue weighted by molar-refractivity contribution is 5.69. The minimum absolute atomic E-state index is 0.171. The van der Waals surface area contributed by atoms with E-state index in [1.165, 1.54) is 0 Å². The standard InChI is InChI=1S/C10H18N2O3/c1-9-8-15-10(13)12(9)3-2-11-4-6-14-7-5-11/h9H,2-8H2,1H3. The second-order valence-electron chi connectivity index (χ2n) is 4.07. The lowest BCUT2D eigenvalue weighted by atomic mass is 10.3. The number of cyclic esters (lactones) is 1. The van der Waals surface area contributed by atoms with Crippen molar-refractivity contribution in [2.75, 3.05) is 46.0 Å². The molecule has 0 aromatic heterocycles. The molecule has 2 rings (SSSR count). The number of carbonyl (C=O) groups is 1. The molecule has 5 heteroatoms. The van der Waals surface area contributed by atoms with Crippen molar-refractivity contribution in [3.63, 3.8) is 0 Å². The molecule has 0 saturated carbocycles. The van der Waals surface area contributed by atoms with Crippen LogP contribution in [-0.4, -0.2) is 67.9 Å². The molecule has 2 heterocycles. The molecule has 2 aliphatic heterocycles. The highest BCUT2D eigenvalue weighted by Crippen LogP contribution is 2.11. The predicted molar refractivity (Wildman–Crippen MR) is 54.8 cm³/mol. The van der Waals surface area contributed by atoms with Crippen molar-refractivity contribution in [1.82, 2.24) is 9.80 Å². The molecule has 5 nitrogen and oxygen atoms in total. The average Bonchev–Trinajstić information content (AvgIpc) is 2.58. The first-order valence-corrected chi connectivity index (χ1v) is 5.51. The predicted octanol–water partition coefficient (Wildman–Crippen LogP) is 0.159. The zero-order valence-electron chi connectivity index (χ0n) is 9.15. The van der Waals surface area contributed by atoms with E-state index in [-0.39, 0.29) is 12.1 Å². The van der Waals surface area contributed by atoms with E-state index in [0.29, 0.717) is 6.61 Å². The maximum Gasteiger partial charge on any atom is 0.410 e. The van der Waals surface area contributed by atoms with E-state index >= 15 is 0 Å². The number of amides is 1. The van der Waals surface area contributed by atoms with Gasteiger partial charge in [0.1, 0.15) is 6.61 Å². The number of carbonyl (C=O) groups excluding carboxylic acids is 1. The summed E-state index contributed by atoms with van der Waals surface area (Å²) in [6.07, 6.45) is -0.171. The summed E-state index contributed by atoms with van der Waals surface area (Å²) < 4.78 is 10.2. The Morgan fingerprint density at radius 3 is 2.67 bits per heavy atom. The molecule has 1 atom stereocenters. The normalized spacial score (nSPS) is 28.2. The molecular weight excluding hydrogens is 196 g/mol. The van der Waals surface area contributed by atoms with Crippen molar-refractivity contribution in [3.8, 4) is 0 Å². The zero-order chi connectivity index (χ0) is 10.7. The van der Waals surface area contributed by atoms with Gasteiger partial charge in [0.15, 0.2) is 0 Å². The first-order valence-electron chi connectivity index (χ1n) is 5.51. The highest BCUT2D eigenvalue weighted by atomic mass is 16.6. The van der Waals surface area contributed by atoms with Crippen LogP contribution in [0.4, 0.5) is 4.79 Å². The van der Waals surface area contributed by atoms with Gasteiger partial charge in [0.2, 0.25) is 0 Å². The number of morpholine rings is 1. The summed E-state index contributed by atoms with van der Waals surface area (Å²) in [4.78, 5) is 15.4. The fourth-order valence-corrected chi connectivity index (χ4v) is 1.93. The lowest BCUT2D eigenvalue weighted by molar-refractivity contribution is 0.0344. The molecule has 0 spiro atoms. The molecule has 86 valence electrons. The number of nitrogens with zero attached hydrogens (tertiary/aromatic N) is 2. The molecule has 0 aromatic carbocycles. The van der Waals surface area contributed by atoms with E-state index < -0.39 is 0 Å². The Morgan fingerprint density at radius 1 is 1.33 bits per heavy atom. The highest BCUT2D eigenvalue weighted by Gasteiger charge is 2.29. The van der Waals surface area contributed by atoms with Gasteiger partial charge in [-0.1, -0.05) is 0 Å². The quantitative estimate of drug-likeness (QED) is 0.671. The third-order valence-corrected chi connectivity index (χ3v) is 2.98. The van der Waals surface area contributed by atoms with Crippen LogP contribution in [0.25, 0.3) is 0 Å². The second-order valence-corrected chi connectivity index (χ2v) is 4.07. The molecule has 2 saturated heterocycles. The number of hydrogen-bond donors (Lipinski definition) is 0. The van der Waals surface area contributed by atoms with E-state index in [1.807, 2.05) is 6.92 Å². The van der Waals surface area contributed by atoms with E-state index in [2.05, 4.69) is 4.90 Å². The topological polar surface area (TPSA) is 42.0 Å². The van der Waals surface area contributed by atoms with Crippen LogP contribution in [0, 0.1) is 0 Å². The summed E-state index contributed by atoms with van der Waals surface area (Å²) in [5, 5.41) is 0. The van der Waals surface area contributed by atoms with Gasteiger partial charge in [0, 0.05) is 26.2 Å². The van der Waals surface area contributed by atoms with Gasteiger partial charge in [-0.25, -0.2) is 4.79 Å². The first-order chi connectivity index (χ1) is 7.27. The summed E-state index contributed by atoms with van der Waals surface area (Å²) in [5.41, 5.74) is 0. The first kappa shape index (κ1) is 10.7. The molecule has 0 aliphatic carbocycles. The Hall–Kier alpha value is -0.810. The molecular formula is C10H18N2O3. The third kappa shape index (κ3) is 2.60. The fraction of sp³-hybridized carbons (Fsp3) is 0.900. The molecule has 0 aromatic rings. The molecule has 15 heavy (non-hydrogen) atoms. The minimum Gasteiger partial charge on any atom is -0.447 e. The van der Waals surface area contributed by atoms with Gasteiger partial charge < -0.3 is 14.4 Å². The van der Waals surface area contributed by atoms with Crippen LogP contribution in [0.15, 0.2) is 0 Å². The largest absolute Gasteiger partial charge is 0.447 e. The van der Waals surface area contributed by atoms with Crippen LogP contribution in [-0.2, 0) is 9.47 Å². The fourth-order valence-electron chi connectivity index (χ4n) is 1.93. The number of rotatable bonds is 3. The number of hydrogen-bond acceptors (Lipinski definition) is 4. The second kappa shape index (κ2) is 4.81. The van der Waals surface area contributed by atoms with Crippen LogP contribution >= 0.6 is 0 Å². The zero-order valence-corrected chi connectivity index (χ0v) is 9.15. The smallest absolute Gasteiger partial charge is 0.410 e. The minimum atomic E-state index is -0.171. The van der Waals surface area contributed by atoms with Crippen molar-refractivity contribution < 1.29 is 14.3 Å². The van der Waals surface area contributed by atoms with Gasteiger partial charge >= 0.3 is 6.09 Å². The maximum absolute atomic E-state index is 11.3. The number of ether oxygens (including phenoxy) is 2. The summed E-state index contributed by atoms with van der Waals surface area (Å²) in [7, 11) is 0. The monoisotopic (exact) mass is 214 g/mol. The van der Waals surface area contributed by atoms with Crippen LogP contribution in [0.2, 0.25) is 0 Å². The van der Waals surface area contributed by atoms with Crippen LogP contribution in [0.5, 0.6) is 0 Å². The summed E-state index contributed by atoms with van der Waals surface area (Å²) in [5.74, 6) is 0. The summed E-state index contributed by atoms with van der Waals surface area (Å²) >= 11 is 0. The molecule has 0 bridgehead atoms. The van der Waals surface area contributed by atoms with Crippen molar-refractivity contribution in [1.29, 1.82) is 0 Å². The van der Waals surface area contributed by atoms with Crippen LogP contribution in [0.1, 0.15) is 6.92 Å². The van der Waals surface area contributed by atoms with Gasteiger partial charge in [-0.3, -0.25) is 4.90 Å². The van der Waals surface area contributed by atoms with E-state index in [9.17, 15) is 4.79 Å². The third-order valence-electron chi connectivity index (χ3n) is 2.98. The summed E-state index contributed by atoms with van der Waals surface area (Å²) in [6.45, 7) is 7.78. The molecule has 0 radical (unpaired) electrons. The molecule has 0 N–H and O–H groups in total. The Balaban J connectivity index is 1.74. The van der Waals surface area contributed by atoms with Gasteiger partial charge in [-0.15, -0.1) is 0 Å². The Morgan fingerprint density at radius 2 is 2.07 bits per heavy atom. The summed E-state index contributed by atoms with van der Waals surface area (Å²) in [6, 6.07) is 0.221. The van der Waals surface area contributed by atoms with Crippen molar-refractivity contribution in [2.24, 2.45) is 0 Å². The van der Waals surface area contributed by atoms with Gasteiger partial charge in [-0.05, 0) is 6.92 Å². The van der Waals surface area contributed by atoms with Gasteiger partial charge in [0.25, 0.3) is 0 Å². The van der Waals surface area contributed by atoms with E-state index in [0.717, 1.165) is 39.4 Å². The van der Waals surface area contributed by atoms with Crippen LogP contribution < -0.4 is 0 Å². The Labute approximate surface area is 89.9 Å². The molecule has 2 fully saturated rings. The Kier molecular flexibility index (Phi) is 3.43. The SMILES string of the molecule is CC1COC(=O)N1CCN1CCOCC1. The van der Waals surface area contributed by atoms with E-state index in [1.54, 1.807) is 4.90 Å². The van der Waals surface area contributed by atoms with Crippen molar-refractivity contribution >= 4 is 6.09 Å². The van der Waals surface area contributed by atoms with Crippen LogP contribution in [0.3, 0.4) is 0 Å². The molecule has 1 amide bonds. The lowest BCUT2D eigenvalue weighted by Gasteiger charge is -2.28. The van der Waals surface area contributed by atoms with Crippen molar-refractivity contribution in [3.05, 3.63) is 0 Å². The van der Waals surface area contributed by atoms with Crippen molar-refractivity contribution in [2.45, 2.75) is 13.0 Å². The Bertz CT molecular complexity index is 229. The van der Waals surface area contributed by atoms with Gasteiger partial charge in [0.05, 0.1) is 19.3 Å². The average molecular weight is 214 g/mol. The molecule has 2 aliphatic rings. The molecule has 1 unspecified atom stereocenters. The lowest BCUT2D eigenvalue weighted by Crippen LogP contribution is -2.43. The van der Waals surface area contributed by atoms with E-state index in [4.69, 9.17) is 9.47 Å². The maximum atomic E-state index is 11.3. The van der Waals surface area contributed by atoms with Gasteiger partial charge in [-0.2, -0.15) is 0 Å².